The number of nitrogens with zero attached hydrogens (tertiary/aromatic N) is 2. The van der Waals surface area contributed by atoms with Gasteiger partial charge in [0.2, 0.25) is 24.5 Å². The summed E-state index contributed by atoms with van der Waals surface area (Å²) in [6.07, 6.45) is -0.191. The predicted molar refractivity (Wildman–Crippen MR) is 148 cm³/mol. The number of thioether (sulfide) groups is 1. The molecule has 0 radical (unpaired) electrons. The highest BCUT2D eigenvalue weighted by atomic mass is 35.5. The molecule has 4 saturated heterocycles. The van der Waals surface area contributed by atoms with Gasteiger partial charge in [0.15, 0.2) is 9.84 Å². The Morgan fingerprint density at radius 3 is 2.22 bits per heavy atom. The molecule has 0 aromatic heterocycles. The lowest BCUT2D eigenvalue weighted by molar-refractivity contribution is -0.181. The number of esters is 2. The first kappa shape index (κ1) is 31.1. The number of sulfone groups is 1. The average molecular weight is 631 g/mol. The molecule has 0 saturated carbocycles. The van der Waals surface area contributed by atoms with Gasteiger partial charge in [-0.15, -0.1) is 24.2 Å². The molecule has 6 atom stereocenters. The Morgan fingerprint density at radius 2 is 1.63 bits per heavy atom. The molecular weight excluding hydrogens is 600 g/mol. The third kappa shape index (κ3) is 4.66. The Morgan fingerprint density at radius 1 is 1.05 bits per heavy atom. The van der Waals surface area contributed by atoms with Gasteiger partial charge < -0.3 is 30.3 Å². The normalized spacial score (nSPS) is 30.5. The Kier molecular flexibility index (Phi) is 7.91. The lowest BCUT2D eigenvalue weighted by Crippen LogP contribution is -2.71. The number of halogens is 1. The zero-order valence-electron chi connectivity index (χ0n) is 22.6. The van der Waals surface area contributed by atoms with Crippen molar-refractivity contribution in [1.82, 2.24) is 15.1 Å². The van der Waals surface area contributed by atoms with E-state index < -0.39 is 90.7 Å². The molecule has 1 aromatic rings. The second-order valence-corrected chi connectivity index (χ2v) is 15.6. The molecule has 0 spiro atoms. The highest BCUT2D eigenvalue weighted by molar-refractivity contribution is 8.01. The van der Waals surface area contributed by atoms with E-state index in [1.165, 1.54) is 30.5 Å². The fraction of sp³-hybridized carbons (Fsp3) is 0.560. The highest BCUT2D eigenvalue weighted by Gasteiger charge is 2.68. The number of nitrogens with one attached hydrogen (secondary N) is 1. The Hall–Kier alpha value is -2.88. The van der Waals surface area contributed by atoms with Gasteiger partial charge in [0.25, 0.3) is 0 Å². The summed E-state index contributed by atoms with van der Waals surface area (Å²) >= 11 is 1.31. The molecule has 0 bridgehead atoms. The van der Waals surface area contributed by atoms with Gasteiger partial charge in [0, 0.05) is 4.75 Å². The number of amides is 3. The van der Waals surface area contributed by atoms with Crippen molar-refractivity contribution in [2.24, 2.45) is 5.73 Å². The molecule has 16 heteroatoms. The quantitative estimate of drug-likeness (QED) is 0.232. The maximum absolute atomic E-state index is 13.0. The van der Waals surface area contributed by atoms with Crippen LogP contribution < -0.4 is 11.1 Å². The number of β-lactam (4-membered cyclic amide) rings is 2. The first-order valence-corrected chi connectivity index (χ1v) is 15.0. The molecule has 3 N–H and O–H groups in total. The summed E-state index contributed by atoms with van der Waals surface area (Å²) in [5.74, 6) is -3.32. The van der Waals surface area contributed by atoms with E-state index in [1.807, 2.05) is 0 Å². The number of ether oxygens (including phenoxy) is 2. The predicted octanol–water partition coefficient (Wildman–Crippen LogP) is -0.167. The Balaban J connectivity index is 0.00000387. The summed E-state index contributed by atoms with van der Waals surface area (Å²) in [5.41, 5.74) is 6.64. The van der Waals surface area contributed by atoms with E-state index in [0.717, 1.165) is 4.90 Å². The molecule has 3 amide bonds. The Labute approximate surface area is 247 Å². The van der Waals surface area contributed by atoms with E-state index in [-0.39, 0.29) is 18.8 Å². The fourth-order valence-electron chi connectivity index (χ4n) is 5.69. The van der Waals surface area contributed by atoms with Crippen molar-refractivity contribution >= 4 is 63.7 Å². The molecule has 1 aromatic carbocycles. The topological polar surface area (TPSA) is 182 Å². The summed E-state index contributed by atoms with van der Waals surface area (Å²) in [6.45, 7) is 5.37. The van der Waals surface area contributed by atoms with Crippen molar-refractivity contribution < 1.29 is 41.9 Å². The SMILES string of the molecule is CC1(C)S[C@@H]2[C@H](NC(=O)[C@H](N)c3ccccc3)C(=O)N2[C@H]1C(=O)OCOC(=O)[C@@H]1N2C(=O)C[C@H]2S(=O)(=O)C1(C)C.Cl. The summed E-state index contributed by atoms with van der Waals surface area (Å²) in [4.78, 5) is 65.9. The second-order valence-electron chi connectivity index (χ2n) is 11.2. The van der Waals surface area contributed by atoms with Gasteiger partial charge >= 0.3 is 11.9 Å². The number of fused-ring (bicyclic) bond motifs is 2. The number of benzene rings is 1. The average Bonchev–Trinajstić information content (AvgIpc) is 3.22. The summed E-state index contributed by atoms with van der Waals surface area (Å²) < 4.78 is 33.3. The minimum absolute atomic E-state index is 0. The van der Waals surface area contributed by atoms with Gasteiger partial charge in [-0.2, -0.15) is 0 Å². The second kappa shape index (κ2) is 10.4. The zero-order valence-corrected chi connectivity index (χ0v) is 25.1. The van der Waals surface area contributed by atoms with Gasteiger partial charge in [-0.05, 0) is 33.3 Å². The number of nitrogens with two attached hydrogens (primary N) is 1. The van der Waals surface area contributed by atoms with E-state index in [4.69, 9.17) is 15.2 Å². The molecule has 5 rings (SSSR count). The number of carbonyl (C=O) groups excluding carboxylic acids is 5. The first-order valence-electron chi connectivity index (χ1n) is 12.6. The van der Waals surface area contributed by atoms with Crippen LogP contribution in [0.5, 0.6) is 0 Å². The van der Waals surface area contributed by atoms with Gasteiger partial charge in [-0.25, -0.2) is 18.0 Å². The van der Waals surface area contributed by atoms with Crippen LogP contribution in [0.2, 0.25) is 0 Å². The van der Waals surface area contributed by atoms with Gasteiger partial charge in [-0.1, -0.05) is 30.3 Å². The van der Waals surface area contributed by atoms with E-state index in [1.54, 1.807) is 44.2 Å². The monoisotopic (exact) mass is 630 g/mol. The van der Waals surface area contributed by atoms with Crippen LogP contribution in [0.15, 0.2) is 30.3 Å². The van der Waals surface area contributed by atoms with E-state index in [9.17, 15) is 32.4 Å². The maximum Gasteiger partial charge on any atom is 0.333 e. The molecule has 13 nitrogen and oxygen atoms in total. The van der Waals surface area contributed by atoms with E-state index in [2.05, 4.69) is 5.32 Å². The first-order chi connectivity index (χ1) is 18.6. The smallest absolute Gasteiger partial charge is 0.333 e. The molecule has 41 heavy (non-hydrogen) atoms. The molecule has 0 unspecified atom stereocenters. The minimum Gasteiger partial charge on any atom is -0.426 e. The highest BCUT2D eigenvalue weighted by Crippen LogP contribution is 2.51. The van der Waals surface area contributed by atoms with Crippen LogP contribution in [0.4, 0.5) is 0 Å². The largest absolute Gasteiger partial charge is 0.426 e. The van der Waals surface area contributed by atoms with Gasteiger partial charge in [-0.3, -0.25) is 14.4 Å². The summed E-state index contributed by atoms with van der Waals surface area (Å²) in [7, 11) is -3.80. The van der Waals surface area contributed by atoms with Crippen LogP contribution in [-0.4, -0.2) is 93.0 Å². The molecule has 4 aliphatic heterocycles. The molecule has 224 valence electrons. The van der Waals surface area contributed by atoms with Crippen LogP contribution in [0.25, 0.3) is 0 Å². The molecule has 4 heterocycles. The molecular formula is C25H31ClN4O9S2. The Bertz CT molecular complexity index is 1400. The number of rotatable bonds is 7. The van der Waals surface area contributed by atoms with E-state index >= 15 is 0 Å². The van der Waals surface area contributed by atoms with E-state index in [0.29, 0.717) is 5.56 Å². The van der Waals surface area contributed by atoms with Gasteiger partial charge in [0.05, 0.1) is 11.2 Å². The zero-order chi connectivity index (χ0) is 29.4. The van der Waals surface area contributed by atoms with Crippen molar-refractivity contribution in [2.45, 2.75) is 78.5 Å². The maximum atomic E-state index is 13.0. The van der Waals surface area contributed by atoms with Gasteiger partial charge in [0.1, 0.15) is 34.9 Å². The number of carbonyl (C=O) groups is 5. The van der Waals surface area contributed by atoms with Crippen molar-refractivity contribution in [3.8, 4) is 0 Å². The van der Waals surface area contributed by atoms with Crippen LogP contribution in [0.1, 0.15) is 45.7 Å². The third-order valence-corrected chi connectivity index (χ3v) is 12.4. The van der Waals surface area contributed by atoms with Crippen molar-refractivity contribution in [1.29, 1.82) is 0 Å². The minimum atomic E-state index is -3.80. The lowest BCUT2D eigenvalue weighted by Gasteiger charge is -2.44. The molecule has 4 aliphatic rings. The van der Waals surface area contributed by atoms with Crippen LogP contribution in [0.3, 0.4) is 0 Å². The standard InChI is InChI=1S/C25H30N4O9S2.ClH/c1-24(2)17(29-20(32)16(21(29)39-24)27-19(31)15(26)12-8-6-5-7-9-12)22(33)37-11-38-23(34)18-25(3,4)40(35,36)14-10-13(30)28(14)18;/h5-9,14-18,21H,10-11,26H2,1-4H3,(H,27,31);1H/t14-,15-,16-,17+,18+,21-;/m1./s1. The lowest BCUT2D eigenvalue weighted by atomic mass is 9.95. The number of hydrogen-bond donors (Lipinski definition) is 2. The number of hydrogen-bond acceptors (Lipinski definition) is 11. The summed E-state index contributed by atoms with van der Waals surface area (Å²) in [6, 6.07) is 4.45. The van der Waals surface area contributed by atoms with Crippen molar-refractivity contribution in [3.05, 3.63) is 35.9 Å². The molecule has 0 aliphatic carbocycles. The van der Waals surface area contributed by atoms with Crippen LogP contribution in [0, 0.1) is 0 Å². The van der Waals surface area contributed by atoms with Crippen molar-refractivity contribution in [3.63, 3.8) is 0 Å². The summed E-state index contributed by atoms with van der Waals surface area (Å²) in [5, 5.41) is 1.07. The fourth-order valence-corrected chi connectivity index (χ4v) is 9.44. The molecule has 4 fully saturated rings. The third-order valence-electron chi connectivity index (χ3n) is 8.00. The van der Waals surface area contributed by atoms with Crippen LogP contribution in [-0.2, 0) is 43.3 Å². The van der Waals surface area contributed by atoms with Crippen molar-refractivity contribution in [2.75, 3.05) is 6.79 Å². The van der Waals surface area contributed by atoms with Crippen LogP contribution >= 0.6 is 24.2 Å².